The molecule has 0 aliphatic carbocycles. The molecule has 0 heterocycles. The van der Waals surface area contributed by atoms with Crippen LogP contribution in [0, 0.1) is 11.6 Å². The van der Waals surface area contributed by atoms with Gasteiger partial charge in [0.25, 0.3) is 0 Å². The van der Waals surface area contributed by atoms with Crippen molar-refractivity contribution in [2.45, 2.75) is 45.5 Å². The fourth-order valence-electron chi connectivity index (χ4n) is 1.19. The van der Waals surface area contributed by atoms with Crippen LogP contribution in [0.2, 0.25) is 0 Å². The van der Waals surface area contributed by atoms with E-state index in [1.807, 2.05) is 0 Å². The van der Waals surface area contributed by atoms with Crippen molar-refractivity contribution in [1.29, 1.82) is 0 Å². The average Bonchev–Trinajstić information content (AvgIpc) is 2.25. The molecule has 0 bridgehead atoms. The van der Waals surface area contributed by atoms with Crippen molar-refractivity contribution >= 4 is 12.9 Å². The number of rotatable bonds is 5. The zero-order valence-electron chi connectivity index (χ0n) is 11.5. The van der Waals surface area contributed by atoms with Crippen molar-refractivity contribution in [2.24, 2.45) is 0 Å². The van der Waals surface area contributed by atoms with Crippen LogP contribution in [-0.4, -0.2) is 28.9 Å². The van der Waals surface area contributed by atoms with E-state index in [-0.39, 0.29) is 11.0 Å². The highest BCUT2D eigenvalue weighted by Crippen LogP contribution is 2.24. The Kier molecular flexibility index (Phi) is 4.71. The Balaban J connectivity index is 2.90. The zero-order valence-corrected chi connectivity index (χ0v) is 11.5. The Bertz CT molecular complexity index is 433. The van der Waals surface area contributed by atoms with Crippen molar-refractivity contribution < 1.29 is 23.6 Å². The van der Waals surface area contributed by atoms with Crippen LogP contribution in [0.3, 0.4) is 0 Å². The lowest BCUT2D eigenvalue weighted by Crippen LogP contribution is -2.49. The first kappa shape index (κ1) is 16.1. The van der Waals surface area contributed by atoms with Crippen molar-refractivity contribution in [3.05, 3.63) is 29.3 Å². The summed E-state index contributed by atoms with van der Waals surface area (Å²) in [6, 6.07) is 2.07. The largest absolute Gasteiger partial charge is 0.426 e. The zero-order chi connectivity index (χ0) is 14.8. The highest BCUT2D eigenvalue weighted by atomic mass is 19.1. The van der Waals surface area contributed by atoms with Gasteiger partial charge in [-0.1, -0.05) is 0 Å². The van der Waals surface area contributed by atoms with Gasteiger partial charge >= 0.3 is 7.48 Å². The molecule has 0 fully saturated rings. The maximum absolute atomic E-state index is 13.6. The second kappa shape index (κ2) is 5.57. The first-order valence-corrected chi connectivity index (χ1v) is 5.90. The quantitative estimate of drug-likeness (QED) is 0.793. The number of aliphatic hydroxyl groups is 2. The van der Waals surface area contributed by atoms with Crippen LogP contribution in [0.1, 0.15) is 33.3 Å². The topological polar surface area (TPSA) is 49.7 Å². The summed E-state index contributed by atoms with van der Waals surface area (Å²) < 4.78 is 32.6. The van der Waals surface area contributed by atoms with Gasteiger partial charge in [-0.25, -0.2) is 8.78 Å². The third-order valence-corrected chi connectivity index (χ3v) is 3.27. The Hall–Kier alpha value is -0.975. The van der Waals surface area contributed by atoms with Gasteiger partial charge in [0.2, 0.25) is 0 Å². The highest BCUT2D eigenvalue weighted by molar-refractivity contribution is 6.47. The molecule has 0 aliphatic rings. The molecular formula is C13H18BF2O3. The van der Waals surface area contributed by atoms with Crippen molar-refractivity contribution in [2.75, 3.05) is 0 Å². The third kappa shape index (κ3) is 3.75. The van der Waals surface area contributed by atoms with Crippen molar-refractivity contribution in [1.82, 2.24) is 0 Å². The molecule has 19 heavy (non-hydrogen) atoms. The van der Waals surface area contributed by atoms with Gasteiger partial charge in [0.15, 0.2) is 0 Å². The molecule has 1 aromatic carbocycles. The maximum atomic E-state index is 13.6. The standard InChI is InChI=1S/C13H18BF2O3/c1-12(2,18)13(3,4)19-14-11-9(15)5-8(7-17)6-10(11)16/h5-6,17-18H,7H2,1-4H3. The first-order chi connectivity index (χ1) is 8.58. The second-order valence-electron chi connectivity index (χ2n) is 5.44. The average molecular weight is 271 g/mol. The lowest BCUT2D eigenvalue weighted by Gasteiger charge is -2.37. The van der Waals surface area contributed by atoms with Crippen LogP contribution < -0.4 is 5.46 Å². The Morgan fingerprint density at radius 1 is 1.16 bits per heavy atom. The Morgan fingerprint density at radius 3 is 2.00 bits per heavy atom. The summed E-state index contributed by atoms with van der Waals surface area (Å²) in [7, 11) is 0.948. The lowest BCUT2D eigenvalue weighted by atomic mass is 9.81. The molecule has 105 valence electrons. The highest BCUT2D eigenvalue weighted by Gasteiger charge is 2.36. The van der Waals surface area contributed by atoms with Gasteiger partial charge in [-0.2, -0.15) is 0 Å². The Labute approximate surface area is 112 Å². The summed E-state index contributed by atoms with van der Waals surface area (Å²) in [5.74, 6) is -1.65. The van der Waals surface area contributed by atoms with E-state index in [1.54, 1.807) is 27.7 Å². The van der Waals surface area contributed by atoms with Crippen LogP contribution in [0.4, 0.5) is 8.78 Å². The molecule has 0 saturated heterocycles. The predicted octanol–water partition coefficient (Wildman–Crippen LogP) is 1.27. The molecule has 0 saturated carbocycles. The van der Waals surface area contributed by atoms with E-state index in [2.05, 4.69) is 0 Å². The van der Waals surface area contributed by atoms with E-state index in [9.17, 15) is 13.9 Å². The maximum Gasteiger partial charge on any atom is 0.337 e. The van der Waals surface area contributed by atoms with Gasteiger partial charge in [0, 0.05) is 5.46 Å². The molecule has 0 atom stereocenters. The monoisotopic (exact) mass is 271 g/mol. The number of aliphatic hydroxyl groups excluding tert-OH is 1. The van der Waals surface area contributed by atoms with E-state index in [4.69, 9.17) is 9.76 Å². The molecule has 0 spiro atoms. The SMILES string of the molecule is CC(C)(O)C(C)(C)O[B]c1c(F)cc(CO)cc1F. The minimum atomic E-state index is -1.18. The smallest absolute Gasteiger partial charge is 0.337 e. The molecule has 0 amide bonds. The van der Waals surface area contributed by atoms with Crippen LogP contribution in [0.5, 0.6) is 0 Å². The predicted molar refractivity (Wildman–Crippen MR) is 69.1 cm³/mol. The van der Waals surface area contributed by atoms with E-state index in [0.29, 0.717) is 0 Å². The number of hydrogen-bond acceptors (Lipinski definition) is 3. The third-order valence-electron chi connectivity index (χ3n) is 3.27. The fourth-order valence-corrected chi connectivity index (χ4v) is 1.19. The molecule has 3 nitrogen and oxygen atoms in total. The van der Waals surface area contributed by atoms with E-state index < -0.39 is 29.4 Å². The minimum absolute atomic E-state index is 0.147. The lowest BCUT2D eigenvalue weighted by molar-refractivity contribution is -0.0894. The number of benzene rings is 1. The normalized spacial score (nSPS) is 12.6. The summed E-state index contributed by atoms with van der Waals surface area (Å²) in [6.45, 7) is 5.87. The van der Waals surface area contributed by atoms with Crippen LogP contribution in [0.15, 0.2) is 12.1 Å². The summed E-state index contributed by atoms with van der Waals surface area (Å²) in [4.78, 5) is 0. The van der Waals surface area contributed by atoms with Crippen LogP contribution >= 0.6 is 0 Å². The molecule has 1 radical (unpaired) electrons. The summed E-state index contributed by atoms with van der Waals surface area (Å²) >= 11 is 0. The molecule has 2 N–H and O–H groups in total. The summed E-state index contributed by atoms with van der Waals surface area (Å²) in [6.07, 6.45) is 0. The van der Waals surface area contributed by atoms with E-state index >= 15 is 0 Å². The Morgan fingerprint density at radius 2 is 1.63 bits per heavy atom. The van der Waals surface area contributed by atoms with Gasteiger partial charge in [-0.15, -0.1) is 0 Å². The first-order valence-electron chi connectivity index (χ1n) is 5.90. The molecule has 0 aliphatic heterocycles. The minimum Gasteiger partial charge on any atom is -0.426 e. The van der Waals surface area contributed by atoms with E-state index in [0.717, 1.165) is 19.6 Å². The molecule has 1 rings (SSSR count). The van der Waals surface area contributed by atoms with E-state index in [1.165, 1.54) is 0 Å². The molecule has 1 aromatic rings. The van der Waals surface area contributed by atoms with Gasteiger partial charge in [0.1, 0.15) is 11.6 Å². The second-order valence-corrected chi connectivity index (χ2v) is 5.44. The number of halogens is 2. The van der Waals surface area contributed by atoms with Gasteiger partial charge in [-0.05, 0) is 45.4 Å². The summed E-state index contributed by atoms with van der Waals surface area (Å²) in [5.41, 5.74) is -2.38. The van der Waals surface area contributed by atoms with Crippen molar-refractivity contribution in [3.8, 4) is 0 Å². The molecule has 0 unspecified atom stereocenters. The van der Waals surface area contributed by atoms with Crippen LogP contribution in [0.25, 0.3) is 0 Å². The van der Waals surface area contributed by atoms with Crippen LogP contribution in [-0.2, 0) is 11.3 Å². The van der Waals surface area contributed by atoms with Gasteiger partial charge < -0.3 is 14.9 Å². The van der Waals surface area contributed by atoms with Gasteiger partial charge in [0.05, 0.1) is 17.8 Å². The molecule has 0 aromatic heterocycles. The number of hydrogen-bond donors (Lipinski definition) is 2. The fraction of sp³-hybridized carbons (Fsp3) is 0.538. The van der Waals surface area contributed by atoms with Crippen molar-refractivity contribution in [3.63, 3.8) is 0 Å². The molecule has 6 heteroatoms. The van der Waals surface area contributed by atoms with Gasteiger partial charge in [-0.3, -0.25) is 0 Å². The molecular weight excluding hydrogens is 253 g/mol. The summed E-state index contributed by atoms with van der Waals surface area (Å²) in [5, 5.41) is 18.7.